The van der Waals surface area contributed by atoms with Crippen molar-refractivity contribution in [3.63, 3.8) is 0 Å². The molecule has 2 aliphatic rings. The van der Waals surface area contributed by atoms with Gasteiger partial charge in [0.1, 0.15) is 5.82 Å². The Bertz CT molecular complexity index is 855. The maximum atomic E-state index is 13.4. The molecule has 5 nitrogen and oxygen atoms in total. The zero-order valence-corrected chi connectivity index (χ0v) is 15.4. The largest absolute Gasteiger partial charge is 0.298 e. The molecule has 0 amide bonds. The zero-order valence-electron chi connectivity index (χ0n) is 15.4. The number of hydrogen-bond donors (Lipinski definition) is 0. The van der Waals surface area contributed by atoms with Crippen molar-refractivity contribution < 1.29 is 4.39 Å². The second kappa shape index (κ2) is 6.83. The van der Waals surface area contributed by atoms with E-state index < -0.39 is 0 Å². The van der Waals surface area contributed by atoms with Crippen molar-refractivity contribution in [3.05, 3.63) is 51.7 Å². The molecule has 0 bridgehead atoms. The molecule has 2 heterocycles. The molecular weight excluding hydrogens is 331 g/mol. The summed E-state index contributed by atoms with van der Waals surface area (Å²) in [6.45, 7) is 4.95. The van der Waals surface area contributed by atoms with Gasteiger partial charge in [-0.2, -0.15) is 0 Å². The molecule has 1 fully saturated rings. The van der Waals surface area contributed by atoms with E-state index >= 15 is 0 Å². The minimum atomic E-state index is -0.264. The third kappa shape index (κ3) is 3.03. The third-order valence-electron chi connectivity index (χ3n) is 5.73. The summed E-state index contributed by atoms with van der Waals surface area (Å²) in [5.41, 5.74) is 2.31. The molecule has 0 radical (unpaired) electrons. The van der Waals surface area contributed by atoms with E-state index in [0.29, 0.717) is 30.9 Å². The molecule has 1 aromatic carbocycles. The first-order valence-electron chi connectivity index (χ1n) is 9.40. The fourth-order valence-electron chi connectivity index (χ4n) is 4.04. The lowest BCUT2D eigenvalue weighted by Crippen LogP contribution is -2.51. The highest BCUT2D eigenvalue weighted by molar-refractivity contribution is 5.58. The van der Waals surface area contributed by atoms with Crippen LogP contribution in [0.3, 0.4) is 0 Å². The van der Waals surface area contributed by atoms with Gasteiger partial charge in [0.25, 0.3) is 5.56 Å². The molecule has 6 heteroatoms. The Morgan fingerprint density at radius 3 is 2.42 bits per heavy atom. The molecule has 0 spiro atoms. The van der Waals surface area contributed by atoms with Crippen molar-refractivity contribution in [2.75, 3.05) is 11.6 Å². The van der Waals surface area contributed by atoms with Crippen LogP contribution in [-0.4, -0.2) is 27.2 Å². The molecule has 0 unspecified atom stereocenters. The lowest BCUT2D eigenvalue weighted by atomic mass is 9.94. The van der Waals surface area contributed by atoms with E-state index in [-0.39, 0.29) is 11.4 Å². The van der Waals surface area contributed by atoms with Crippen LogP contribution < -0.4 is 10.5 Å². The number of nitrogens with zero attached hydrogens (tertiary/aromatic N) is 4. The summed E-state index contributed by atoms with van der Waals surface area (Å²) in [7, 11) is 0. The van der Waals surface area contributed by atoms with Gasteiger partial charge in [0, 0.05) is 23.0 Å². The Balaban J connectivity index is 1.79. The molecular formula is C20H25FN4O. The van der Waals surface area contributed by atoms with Crippen LogP contribution in [0.5, 0.6) is 0 Å². The fourth-order valence-corrected chi connectivity index (χ4v) is 4.04. The van der Waals surface area contributed by atoms with Crippen LogP contribution >= 0.6 is 0 Å². The highest BCUT2D eigenvalue weighted by Crippen LogP contribution is 2.31. The highest BCUT2D eigenvalue weighted by Gasteiger charge is 2.31. The molecule has 1 aromatic heterocycles. The summed E-state index contributed by atoms with van der Waals surface area (Å²) in [4.78, 5) is 22.0. The smallest absolute Gasteiger partial charge is 0.259 e. The first kappa shape index (κ1) is 17.2. The van der Waals surface area contributed by atoms with Gasteiger partial charge < -0.3 is 0 Å². The van der Waals surface area contributed by atoms with Crippen LogP contribution in [0.15, 0.2) is 29.1 Å². The van der Waals surface area contributed by atoms with E-state index in [1.165, 1.54) is 44.2 Å². The predicted molar refractivity (Wildman–Crippen MR) is 100 cm³/mol. The van der Waals surface area contributed by atoms with E-state index in [2.05, 4.69) is 4.90 Å². The van der Waals surface area contributed by atoms with Crippen LogP contribution in [0.2, 0.25) is 0 Å². The number of aryl methyl sites for hydroxylation is 1. The summed E-state index contributed by atoms with van der Waals surface area (Å²) >= 11 is 0. The van der Waals surface area contributed by atoms with Gasteiger partial charge in [0.15, 0.2) is 0 Å². The van der Waals surface area contributed by atoms with Crippen molar-refractivity contribution in [1.29, 1.82) is 0 Å². The maximum absolute atomic E-state index is 13.4. The molecule has 0 atom stereocenters. The van der Waals surface area contributed by atoms with Crippen LogP contribution in [0.4, 0.5) is 16.0 Å². The molecule has 1 aliphatic heterocycles. The topological polar surface area (TPSA) is 41.4 Å². The monoisotopic (exact) mass is 356 g/mol. The Morgan fingerprint density at radius 2 is 1.73 bits per heavy atom. The number of benzene rings is 1. The van der Waals surface area contributed by atoms with Gasteiger partial charge >= 0.3 is 0 Å². The quantitative estimate of drug-likeness (QED) is 0.823. The van der Waals surface area contributed by atoms with Gasteiger partial charge in [-0.1, -0.05) is 19.3 Å². The van der Waals surface area contributed by atoms with E-state index in [1.807, 2.05) is 18.7 Å². The summed E-state index contributed by atoms with van der Waals surface area (Å²) in [6, 6.07) is 6.90. The molecule has 0 N–H and O–H groups in total. The second-order valence-electron chi connectivity index (χ2n) is 7.42. The summed E-state index contributed by atoms with van der Waals surface area (Å²) in [5.74, 6) is 0.386. The Kier molecular flexibility index (Phi) is 4.53. The SMILES string of the molecule is Cc1nc2n(c(=O)c1C)CN(C1CCCCC1)CN2c1ccc(F)cc1. The molecule has 0 saturated heterocycles. The minimum Gasteiger partial charge on any atom is -0.298 e. The highest BCUT2D eigenvalue weighted by atomic mass is 19.1. The molecule has 26 heavy (non-hydrogen) atoms. The first-order chi connectivity index (χ1) is 12.5. The number of fused-ring (bicyclic) bond motifs is 1. The molecule has 1 saturated carbocycles. The average molecular weight is 356 g/mol. The number of rotatable bonds is 2. The van der Waals surface area contributed by atoms with Gasteiger partial charge in [0.05, 0.1) is 13.3 Å². The average Bonchev–Trinajstić information content (AvgIpc) is 2.67. The number of halogens is 1. The summed E-state index contributed by atoms with van der Waals surface area (Å²) in [6.07, 6.45) is 6.11. The summed E-state index contributed by atoms with van der Waals surface area (Å²) < 4.78 is 15.2. The predicted octanol–water partition coefficient (Wildman–Crippen LogP) is 3.70. The Hall–Kier alpha value is -2.21. The second-order valence-corrected chi connectivity index (χ2v) is 7.42. The van der Waals surface area contributed by atoms with Gasteiger partial charge in [-0.05, 0) is 51.0 Å². The molecule has 138 valence electrons. The van der Waals surface area contributed by atoms with Crippen molar-refractivity contribution in [3.8, 4) is 0 Å². The zero-order chi connectivity index (χ0) is 18.3. The Morgan fingerprint density at radius 1 is 1.04 bits per heavy atom. The van der Waals surface area contributed by atoms with Crippen molar-refractivity contribution in [1.82, 2.24) is 14.5 Å². The van der Waals surface area contributed by atoms with Crippen LogP contribution in [0.25, 0.3) is 0 Å². The standard InChI is InChI=1S/C20H25FN4O/c1-14-15(2)22-20-24(18-10-8-16(21)9-11-18)12-23(13-25(20)19(14)26)17-6-4-3-5-7-17/h8-11,17H,3-7,12-13H2,1-2H3. The fraction of sp³-hybridized carbons (Fsp3) is 0.500. The third-order valence-corrected chi connectivity index (χ3v) is 5.73. The summed E-state index contributed by atoms with van der Waals surface area (Å²) in [5, 5.41) is 0. The lowest BCUT2D eigenvalue weighted by Gasteiger charge is -2.43. The van der Waals surface area contributed by atoms with Crippen molar-refractivity contribution in [2.24, 2.45) is 0 Å². The van der Waals surface area contributed by atoms with Crippen LogP contribution in [0, 0.1) is 19.7 Å². The van der Waals surface area contributed by atoms with Gasteiger partial charge in [0.2, 0.25) is 5.95 Å². The Labute approximate surface area is 153 Å². The van der Waals surface area contributed by atoms with Gasteiger partial charge in [-0.25, -0.2) is 9.37 Å². The van der Waals surface area contributed by atoms with Crippen LogP contribution in [-0.2, 0) is 6.67 Å². The van der Waals surface area contributed by atoms with E-state index in [1.54, 1.807) is 16.7 Å². The lowest BCUT2D eigenvalue weighted by molar-refractivity contribution is 0.107. The normalized spacial score (nSPS) is 18.8. The van der Waals surface area contributed by atoms with Gasteiger partial charge in [-0.3, -0.25) is 19.2 Å². The molecule has 2 aromatic rings. The molecule has 1 aliphatic carbocycles. The maximum Gasteiger partial charge on any atom is 0.259 e. The van der Waals surface area contributed by atoms with Gasteiger partial charge in [-0.15, -0.1) is 0 Å². The van der Waals surface area contributed by atoms with Crippen LogP contribution in [0.1, 0.15) is 43.4 Å². The van der Waals surface area contributed by atoms with E-state index in [4.69, 9.17) is 4.98 Å². The number of aromatic nitrogens is 2. The van der Waals surface area contributed by atoms with Crippen molar-refractivity contribution >= 4 is 11.6 Å². The first-order valence-corrected chi connectivity index (χ1v) is 9.40. The van der Waals surface area contributed by atoms with E-state index in [9.17, 15) is 9.18 Å². The van der Waals surface area contributed by atoms with E-state index in [0.717, 1.165) is 11.4 Å². The number of hydrogen-bond acceptors (Lipinski definition) is 4. The number of anilines is 2. The van der Waals surface area contributed by atoms with Crippen molar-refractivity contribution in [2.45, 2.75) is 58.7 Å². The molecule has 4 rings (SSSR count). The minimum absolute atomic E-state index is 0.0140.